The van der Waals surface area contributed by atoms with Crippen LogP contribution in [0.4, 0.5) is 0 Å². The molecule has 8 atom stereocenters. The van der Waals surface area contributed by atoms with Gasteiger partial charge in [0, 0.05) is 31.1 Å². The first kappa shape index (κ1) is 33.3. The van der Waals surface area contributed by atoms with Crippen LogP contribution in [0.5, 0.6) is 5.75 Å². The molecule has 0 heterocycles. The van der Waals surface area contributed by atoms with Crippen LogP contribution in [0.1, 0.15) is 11.1 Å². The van der Waals surface area contributed by atoms with Crippen LogP contribution in [0.15, 0.2) is 18.2 Å². The lowest BCUT2D eigenvalue weighted by Gasteiger charge is -2.33. The molecule has 1 rings (SSSR count). The molecule has 0 aliphatic rings. The van der Waals surface area contributed by atoms with Gasteiger partial charge in [0.2, 0.25) is 0 Å². The average molecular weight is 558 g/mol. The van der Waals surface area contributed by atoms with E-state index in [1.165, 1.54) is 4.90 Å². The van der Waals surface area contributed by atoms with Gasteiger partial charge in [-0.15, -0.1) is 0 Å². The van der Waals surface area contributed by atoms with E-state index in [2.05, 4.69) is 25.3 Å². The largest absolute Gasteiger partial charge is 0.492 e. The van der Waals surface area contributed by atoms with Gasteiger partial charge in [0.25, 0.3) is 0 Å². The summed E-state index contributed by atoms with van der Waals surface area (Å²) < 4.78 is 5.74. The number of benzene rings is 1. The van der Waals surface area contributed by atoms with E-state index in [-0.39, 0.29) is 26.2 Å². The van der Waals surface area contributed by atoms with E-state index in [0.29, 0.717) is 17.3 Å². The second-order valence-electron chi connectivity index (χ2n) is 8.45. The molecule has 0 saturated carbocycles. The fourth-order valence-corrected chi connectivity index (χ4v) is 4.02. The molecule has 36 heavy (non-hydrogen) atoms. The Morgan fingerprint density at radius 3 is 1.53 bits per heavy atom. The maximum atomic E-state index is 10.4. The number of thiol groups is 2. The Balaban J connectivity index is 2.91. The lowest BCUT2D eigenvalue weighted by atomic mass is 10.0. The van der Waals surface area contributed by atoms with Gasteiger partial charge in [-0.3, -0.25) is 4.90 Å². The summed E-state index contributed by atoms with van der Waals surface area (Å²) in [7, 11) is 0. The van der Waals surface area contributed by atoms with Crippen LogP contribution in [0.2, 0.25) is 0 Å². The monoisotopic (exact) mass is 557 g/mol. The van der Waals surface area contributed by atoms with Gasteiger partial charge in [0.1, 0.15) is 49.0 Å². The lowest BCUT2D eigenvalue weighted by Crippen LogP contribution is -2.53. The summed E-state index contributed by atoms with van der Waals surface area (Å²) in [6.45, 7) is -2.38. The number of hydrogen-bond acceptors (Lipinski definition) is 14. The summed E-state index contributed by atoms with van der Waals surface area (Å²) in [6.07, 6.45) is -14.1. The minimum absolute atomic E-state index is 0.0293. The van der Waals surface area contributed by atoms with Crippen molar-refractivity contribution in [3.05, 3.63) is 29.3 Å². The maximum absolute atomic E-state index is 10.4. The number of nitrogens with zero attached hydrogens (tertiary/aromatic N) is 1. The fourth-order valence-electron chi connectivity index (χ4n) is 3.41. The predicted molar refractivity (Wildman–Crippen MR) is 136 cm³/mol. The molecule has 210 valence electrons. The molecular weight excluding hydrogens is 518 g/mol. The molecule has 12 nitrogen and oxygen atoms in total. The summed E-state index contributed by atoms with van der Waals surface area (Å²) in [5.41, 5.74) is 1.91. The quantitative estimate of drug-likeness (QED) is 0.0781. The van der Waals surface area contributed by atoms with E-state index >= 15 is 0 Å². The van der Waals surface area contributed by atoms with E-state index in [9.17, 15) is 40.9 Å². The van der Waals surface area contributed by atoms with Gasteiger partial charge >= 0.3 is 0 Å². The van der Waals surface area contributed by atoms with Crippen LogP contribution < -0.4 is 4.74 Å². The molecule has 0 spiro atoms. The van der Waals surface area contributed by atoms with Crippen molar-refractivity contribution in [2.45, 2.75) is 60.3 Å². The number of aliphatic hydroxyl groups is 10. The number of aliphatic hydroxyl groups excluding tert-OH is 10. The minimum Gasteiger partial charge on any atom is -0.492 e. The van der Waals surface area contributed by atoms with Crippen molar-refractivity contribution in [1.29, 1.82) is 0 Å². The van der Waals surface area contributed by atoms with Crippen molar-refractivity contribution in [3.8, 4) is 5.75 Å². The van der Waals surface area contributed by atoms with E-state index in [0.717, 1.165) is 11.1 Å². The molecule has 0 saturated heterocycles. The molecule has 0 fully saturated rings. The number of rotatable bonds is 18. The van der Waals surface area contributed by atoms with Crippen LogP contribution in [0.25, 0.3) is 0 Å². The zero-order valence-corrected chi connectivity index (χ0v) is 21.5. The van der Waals surface area contributed by atoms with Crippen molar-refractivity contribution in [3.63, 3.8) is 0 Å². The first-order valence-electron chi connectivity index (χ1n) is 11.4. The molecule has 0 amide bonds. The van der Waals surface area contributed by atoms with Gasteiger partial charge in [-0.1, -0.05) is 6.07 Å². The smallest absolute Gasteiger partial charge is 0.119 e. The van der Waals surface area contributed by atoms with Crippen molar-refractivity contribution >= 4 is 25.3 Å². The summed E-state index contributed by atoms with van der Waals surface area (Å²) >= 11 is 8.55. The number of ether oxygens (including phenoxy) is 1. The molecule has 10 N–H and O–H groups in total. The molecule has 1 unspecified atom stereocenters. The third-order valence-electron chi connectivity index (χ3n) is 5.74. The number of hydrogen-bond donors (Lipinski definition) is 12. The lowest BCUT2D eigenvalue weighted by molar-refractivity contribution is -0.130. The van der Waals surface area contributed by atoms with E-state index < -0.39 is 62.0 Å². The van der Waals surface area contributed by atoms with Gasteiger partial charge in [-0.05, 0) is 23.3 Å². The highest BCUT2D eigenvalue weighted by atomic mass is 32.1. The predicted octanol–water partition coefficient (Wildman–Crippen LogP) is -3.90. The molecule has 0 aromatic heterocycles. The van der Waals surface area contributed by atoms with E-state index in [1.807, 2.05) is 6.07 Å². The maximum Gasteiger partial charge on any atom is 0.119 e. The Morgan fingerprint density at radius 2 is 1.11 bits per heavy atom. The molecule has 0 aliphatic heterocycles. The Bertz CT molecular complexity index is 720. The average Bonchev–Trinajstić information content (AvgIpc) is 2.89. The van der Waals surface area contributed by atoms with E-state index in [1.54, 1.807) is 12.1 Å². The summed E-state index contributed by atoms with van der Waals surface area (Å²) in [5.74, 6) is 1.52. The third kappa shape index (κ3) is 10.2. The highest BCUT2D eigenvalue weighted by Gasteiger charge is 2.34. The first-order valence-corrected chi connectivity index (χ1v) is 12.6. The van der Waals surface area contributed by atoms with Gasteiger partial charge < -0.3 is 55.8 Å². The van der Waals surface area contributed by atoms with Crippen LogP contribution in [0.3, 0.4) is 0 Å². The molecule has 0 bridgehead atoms. The van der Waals surface area contributed by atoms with Crippen LogP contribution in [-0.4, -0.2) is 144 Å². The fraction of sp³-hybridized carbons (Fsp3) is 0.727. The van der Waals surface area contributed by atoms with Crippen molar-refractivity contribution in [2.24, 2.45) is 0 Å². The van der Waals surface area contributed by atoms with Gasteiger partial charge in [-0.25, -0.2) is 0 Å². The topological polar surface area (TPSA) is 215 Å². The van der Waals surface area contributed by atoms with Crippen LogP contribution in [0, 0.1) is 0 Å². The molecular formula is C22H39NO11S2. The molecule has 1 aromatic rings. The third-order valence-corrected chi connectivity index (χ3v) is 6.42. The summed E-state index contributed by atoms with van der Waals surface area (Å²) in [5, 5.41) is 97.7. The Kier molecular flexibility index (Phi) is 15.7. The highest BCUT2D eigenvalue weighted by Crippen LogP contribution is 2.21. The van der Waals surface area contributed by atoms with Crippen molar-refractivity contribution in [1.82, 2.24) is 4.90 Å². The van der Waals surface area contributed by atoms with E-state index in [4.69, 9.17) is 14.9 Å². The van der Waals surface area contributed by atoms with Gasteiger partial charge in [0.05, 0.1) is 25.4 Å². The first-order chi connectivity index (χ1) is 17.0. The molecule has 1 aromatic carbocycles. The Hall–Kier alpha value is -0.720. The summed E-state index contributed by atoms with van der Waals surface area (Å²) in [4.78, 5) is 1.36. The molecule has 14 heteroatoms. The summed E-state index contributed by atoms with van der Waals surface area (Å²) in [6, 6.07) is 5.37. The second-order valence-corrected chi connectivity index (χ2v) is 9.08. The zero-order chi connectivity index (χ0) is 27.4. The molecule has 0 radical (unpaired) electrons. The van der Waals surface area contributed by atoms with Crippen molar-refractivity contribution < 1.29 is 55.8 Å². The van der Waals surface area contributed by atoms with Crippen LogP contribution in [-0.2, 0) is 11.5 Å². The highest BCUT2D eigenvalue weighted by molar-refractivity contribution is 7.79. The second kappa shape index (κ2) is 17.0. The standard InChI is InChI=1S/C22H39NO11S2/c24-8-17(28)21(32)19(30)15(26)6-23(7-16(27)20(31)22(33)18(29)9-25)3-4-34-14-2-1-12(10-35)13(5-14)11-36/h1-2,5,15-22,24-33,35-36H,3-4,6-11H2/t15-,16-,17+,18?,19+,20+,21+,22+/m0/s1. The Labute approximate surface area is 220 Å². The van der Waals surface area contributed by atoms with Gasteiger partial charge in [-0.2, -0.15) is 25.3 Å². The zero-order valence-electron chi connectivity index (χ0n) is 19.7. The SMILES string of the molecule is OCC(O)[C@@H](O)[C@H](O)[C@@H](O)CN(CCOc1ccc(CS)c(CS)c1)C[C@H](O)[C@@H](O)[C@H](O)[C@H](O)CO. The van der Waals surface area contributed by atoms with Crippen molar-refractivity contribution in [2.75, 3.05) is 39.5 Å². The van der Waals surface area contributed by atoms with Gasteiger partial charge in [0.15, 0.2) is 0 Å². The normalized spacial score (nSPS) is 18.8. The Morgan fingerprint density at radius 1 is 0.667 bits per heavy atom. The minimum atomic E-state index is -1.86. The van der Waals surface area contributed by atoms with Crippen LogP contribution >= 0.6 is 25.3 Å². The molecule has 0 aliphatic carbocycles.